The third kappa shape index (κ3) is 4.86. The highest BCUT2D eigenvalue weighted by Gasteiger charge is 2.06. The van der Waals surface area contributed by atoms with Crippen LogP contribution in [0, 0.1) is 11.6 Å². The van der Waals surface area contributed by atoms with Crippen LogP contribution < -0.4 is 10.6 Å². The van der Waals surface area contributed by atoms with Crippen LogP contribution in [-0.4, -0.2) is 12.5 Å². The first kappa shape index (κ1) is 16.5. The number of nitrogens with one attached hydrogen (secondary N) is 2. The summed E-state index contributed by atoms with van der Waals surface area (Å²) in [6.07, 6.45) is 0.0982. The molecular weight excluding hydrogens is 333 g/mol. The molecule has 0 saturated heterocycles. The summed E-state index contributed by atoms with van der Waals surface area (Å²) in [6.45, 7) is 0.197. The Morgan fingerprint density at radius 1 is 1.05 bits per heavy atom. The molecule has 0 fully saturated rings. The Labute approximate surface area is 136 Å². The molecule has 0 bridgehead atoms. The van der Waals surface area contributed by atoms with Gasteiger partial charge in [0.15, 0.2) is 0 Å². The van der Waals surface area contributed by atoms with Crippen molar-refractivity contribution in [1.29, 1.82) is 0 Å². The zero-order valence-electron chi connectivity index (χ0n) is 11.3. The molecule has 0 saturated carbocycles. The molecule has 0 aliphatic rings. The molecule has 0 unspecified atom stereocenters. The van der Waals surface area contributed by atoms with Crippen LogP contribution in [0.25, 0.3) is 0 Å². The normalized spacial score (nSPS) is 10.4. The van der Waals surface area contributed by atoms with E-state index in [0.717, 1.165) is 12.1 Å². The number of benzene rings is 2. The van der Waals surface area contributed by atoms with Crippen molar-refractivity contribution in [3.05, 3.63) is 58.1 Å². The molecule has 0 aliphatic carbocycles. The fourth-order valence-corrected chi connectivity index (χ4v) is 2.32. The average Bonchev–Trinajstić information content (AvgIpc) is 2.40. The van der Waals surface area contributed by atoms with Crippen molar-refractivity contribution in [2.45, 2.75) is 6.42 Å². The van der Waals surface area contributed by atoms with E-state index < -0.39 is 11.6 Å². The molecule has 0 aromatic heterocycles. The minimum Gasteiger partial charge on any atom is -0.382 e. The maximum Gasteiger partial charge on any atom is 0.226 e. The van der Waals surface area contributed by atoms with E-state index in [0.29, 0.717) is 15.7 Å². The van der Waals surface area contributed by atoms with Crippen molar-refractivity contribution in [1.82, 2.24) is 0 Å². The van der Waals surface area contributed by atoms with E-state index in [1.165, 1.54) is 6.07 Å². The van der Waals surface area contributed by atoms with E-state index in [-0.39, 0.29) is 24.6 Å². The first-order valence-electron chi connectivity index (χ1n) is 6.39. The molecule has 0 spiro atoms. The summed E-state index contributed by atoms with van der Waals surface area (Å²) in [6, 6.07) is 7.88. The van der Waals surface area contributed by atoms with Gasteiger partial charge in [-0.3, -0.25) is 4.79 Å². The van der Waals surface area contributed by atoms with Gasteiger partial charge in [-0.1, -0.05) is 23.2 Å². The largest absolute Gasteiger partial charge is 0.382 e. The molecule has 3 nitrogen and oxygen atoms in total. The number of amides is 1. The monoisotopic (exact) mass is 344 g/mol. The van der Waals surface area contributed by atoms with Gasteiger partial charge in [-0.25, -0.2) is 8.78 Å². The molecule has 2 aromatic rings. The van der Waals surface area contributed by atoms with E-state index in [9.17, 15) is 13.6 Å². The molecule has 7 heteroatoms. The van der Waals surface area contributed by atoms with Crippen LogP contribution in [-0.2, 0) is 4.79 Å². The van der Waals surface area contributed by atoms with Gasteiger partial charge in [0.25, 0.3) is 0 Å². The van der Waals surface area contributed by atoms with Gasteiger partial charge in [0, 0.05) is 34.8 Å². The molecule has 2 N–H and O–H groups in total. The van der Waals surface area contributed by atoms with Gasteiger partial charge in [-0.05, 0) is 30.3 Å². The summed E-state index contributed by atoms with van der Waals surface area (Å²) in [4.78, 5) is 11.8. The number of carbonyl (C=O) groups excluding carboxylic acids is 1. The van der Waals surface area contributed by atoms with Crippen molar-refractivity contribution in [3.8, 4) is 0 Å². The number of rotatable bonds is 5. The van der Waals surface area contributed by atoms with E-state index in [1.54, 1.807) is 18.2 Å². The Hall–Kier alpha value is -1.85. The zero-order valence-corrected chi connectivity index (χ0v) is 12.8. The van der Waals surface area contributed by atoms with Crippen molar-refractivity contribution >= 4 is 40.5 Å². The van der Waals surface area contributed by atoms with Gasteiger partial charge >= 0.3 is 0 Å². The number of hydrogen-bond acceptors (Lipinski definition) is 2. The topological polar surface area (TPSA) is 41.1 Å². The second kappa shape index (κ2) is 7.42. The van der Waals surface area contributed by atoms with Crippen LogP contribution in [0.1, 0.15) is 6.42 Å². The van der Waals surface area contributed by atoms with Crippen molar-refractivity contribution in [2.24, 2.45) is 0 Å². The number of carbonyl (C=O) groups is 1. The van der Waals surface area contributed by atoms with Crippen molar-refractivity contribution in [3.63, 3.8) is 0 Å². The molecule has 2 aromatic carbocycles. The molecular formula is C15H12Cl2F2N2O. The minimum absolute atomic E-state index is 0.0982. The third-order valence-corrected chi connectivity index (χ3v) is 3.18. The summed E-state index contributed by atoms with van der Waals surface area (Å²) in [5, 5.41) is 6.18. The Balaban J connectivity index is 1.85. The van der Waals surface area contributed by atoms with Crippen LogP contribution in [0.4, 0.5) is 20.2 Å². The summed E-state index contributed by atoms with van der Waals surface area (Å²) < 4.78 is 26.1. The highest BCUT2D eigenvalue weighted by Crippen LogP contribution is 2.22. The molecule has 0 atom stereocenters. The predicted octanol–water partition coefficient (Wildman–Crippen LogP) is 4.71. The highest BCUT2D eigenvalue weighted by molar-refractivity contribution is 6.35. The quantitative estimate of drug-likeness (QED) is 0.824. The maximum absolute atomic E-state index is 13.4. The first-order chi connectivity index (χ1) is 10.4. The van der Waals surface area contributed by atoms with E-state index >= 15 is 0 Å². The minimum atomic E-state index is -0.706. The van der Waals surface area contributed by atoms with Gasteiger partial charge in [-0.15, -0.1) is 0 Å². The Bertz CT molecular complexity index is 675. The van der Waals surface area contributed by atoms with Crippen LogP contribution in [0.2, 0.25) is 10.0 Å². The smallest absolute Gasteiger partial charge is 0.226 e. The van der Waals surface area contributed by atoms with Crippen LogP contribution >= 0.6 is 23.2 Å². The lowest BCUT2D eigenvalue weighted by Crippen LogP contribution is -2.16. The second-order valence-electron chi connectivity index (χ2n) is 4.51. The van der Waals surface area contributed by atoms with Gasteiger partial charge in [-0.2, -0.15) is 0 Å². The van der Waals surface area contributed by atoms with Gasteiger partial charge < -0.3 is 10.6 Å². The van der Waals surface area contributed by atoms with Crippen LogP contribution in [0.3, 0.4) is 0 Å². The van der Waals surface area contributed by atoms with Crippen molar-refractivity contribution < 1.29 is 13.6 Å². The molecule has 0 heterocycles. The molecule has 116 valence electrons. The molecule has 0 radical (unpaired) electrons. The van der Waals surface area contributed by atoms with E-state index in [1.807, 2.05) is 0 Å². The average molecular weight is 345 g/mol. The van der Waals surface area contributed by atoms with E-state index in [4.69, 9.17) is 23.2 Å². The molecule has 2 rings (SSSR count). The fourth-order valence-electron chi connectivity index (χ4n) is 1.79. The van der Waals surface area contributed by atoms with Crippen LogP contribution in [0.5, 0.6) is 0 Å². The lowest BCUT2D eigenvalue weighted by atomic mass is 10.2. The predicted molar refractivity (Wildman–Crippen MR) is 84.6 cm³/mol. The summed E-state index contributed by atoms with van der Waals surface area (Å²) >= 11 is 11.7. The summed E-state index contributed by atoms with van der Waals surface area (Å²) in [5.41, 5.74) is 0.621. The first-order valence-corrected chi connectivity index (χ1v) is 7.14. The van der Waals surface area contributed by atoms with Crippen molar-refractivity contribution in [2.75, 3.05) is 17.2 Å². The Kier molecular flexibility index (Phi) is 5.57. The number of anilines is 2. The van der Waals surface area contributed by atoms with E-state index in [2.05, 4.69) is 10.6 Å². The lowest BCUT2D eigenvalue weighted by molar-refractivity contribution is -0.115. The maximum atomic E-state index is 13.4. The summed E-state index contributed by atoms with van der Waals surface area (Å²) in [7, 11) is 0. The summed E-state index contributed by atoms with van der Waals surface area (Å²) in [5.74, 6) is -1.64. The Morgan fingerprint density at radius 2 is 1.73 bits per heavy atom. The van der Waals surface area contributed by atoms with Crippen LogP contribution in [0.15, 0.2) is 36.4 Å². The molecule has 22 heavy (non-hydrogen) atoms. The highest BCUT2D eigenvalue weighted by atomic mass is 35.5. The lowest BCUT2D eigenvalue weighted by Gasteiger charge is -2.09. The Morgan fingerprint density at radius 3 is 2.36 bits per heavy atom. The van der Waals surface area contributed by atoms with Gasteiger partial charge in [0.05, 0.1) is 5.69 Å². The van der Waals surface area contributed by atoms with Gasteiger partial charge in [0.2, 0.25) is 5.91 Å². The number of halogens is 4. The standard InChI is InChI=1S/C15H12Cl2F2N2O/c16-9-5-10(17)7-12(6-9)21-15(22)3-4-20-14-2-1-11(18)8-13(14)19/h1-2,5-8,20H,3-4H2,(H,21,22). The molecule has 0 aliphatic heterocycles. The second-order valence-corrected chi connectivity index (χ2v) is 5.38. The fraction of sp³-hybridized carbons (Fsp3) is 0.133. The third-order valence-electron chi connectivity index (χ3n) is 2.74. The molecule has 1 amide bonds. The zero-order chi connectivity index (χ0) is 16.1. The number of hydrogen-bond donors (Lipinski definition) is 2. The SMILES string of the molecule is O=C(CCNc1ccc(F)cc1F)Nc1cc(Cl)cc(Cl)c1. The van der Waals surface area contributed by atoms with Gasteiger partial charge in [0.1, 0.15) is 11.6 Å².